The van der Waals surface area contributed by atoms with Crippen LogP contribution >= 0.6 is 0 Å². The Morgan fingerprint density at radius 3 is 3.06 bits per heavy atom. The Bertz CT molecular complexity index is 561. The van der Waals surface area contributed by atoms with E-state index in [0.717, 1.165) is 31.7 Å². The van der Waals surface area contributed by atoms with Crippen LogP contribution in [0.2, 0.25) is 0 Å². The molecule has 0 aliphatic carbocycles. The van der Waals surface area contributed by atoms with E-state index in [4.69, 9.17) is 10.5 Å². The molecule has 18 heavy (non-hydrogen) atoms. The van der Waals surface area contributed by atoms with Crippen LogP contribution in [0.25, 0.3) is 11.0 Å². The minimum atomic E-state index is -0.326. The van der Waals surface area contributed by atoms with E-state index in [2.05, 4.69) is 9.97 Å². The standard InChI is InChI=1S/C13H16FN3O/c14-11-8(7-15)4-5-9-12(11)17-13(16-9)10-3-1-2-6-18-10/h4-5,10H,1-3,6-7,15H2,(H,16,17). The highest BCUT2D eigenvalue weighted by Gasteiger charge is 2.21. The maximum absolute atomic E-state index is 14.0. The molecule has 0 spiro atoms. The van der Waals surface area contributed by atoms with E-state index in [0.29, 0.717) is 16.6 Å². The fraction of sp³-hybridized carbons (Fsp3) is 0.462. The number of H-pyrrole nitrogens is 1. The predicted molar refractivity (Wildman–Crippen MR) is 66.5 cm³/mol. The van der Waals surface area contributed by atoms with Gasteiger partial charge in [0.1, 0.15) is 17.4 Å². The molecule has 3 N–H and O–H groups in total. The molecule has 0 amide bonds. The molecule has 1 saturated heterocycles. The minimum absolute atomic E-state index is 0.0353. The van der Waals surface area contributed by atoms with E-state index in [-0.39, 0.29) is 18.5 Å². The van der Waals surface area contributed by atoms with Crippen LogP contribution in [0.1, 0.15) is 36.8 Å². The summed E-state index contributed by atoms with van der Waals surface area (Å²) >= 11 is 0. The fourth-order valence-corrected chi connectivity index (χ4v) is 2.37. The Morgan fingerprint density at radius 1 is 1.44 bits per heavy atom. The summed E-state index contributed by atoms with van der Waals surface area (Å²) in [7, 11) is 0. The van der Waals surface area contributed by atoms with Crippen molar-refractivity contribution in [2.24, 2.45) is 5.73 Å². The molecule has 5 heteroatoms. The molecule has 4 nitrogen and oxygen atoms in total. The first kappa shape index (κ1) is 11.6. The molecule has 1 unspecified atom stereocenters. The SMILES string of the molecule is NCc1ccc2[nH]c(C3CCCCO3)nc2c1F. The first-order valence-corrected chi connectivity index (χ1v) is 6.28. The zero-order valence-electron chi connectivity index (χ0n) is 10.1. The summed E-state index contributed by atoms with van der Waals surface area (Å²) in [6, 6.07) is 3.52. The van der Waals surface area contributed by atoms with Crippen LogP contribution in [0.4, 0.5) is 4.39 Å². The number of nitrogens with one attached hydrogen (secondary N) is 1. The van der Waals surface area contributed by atoms with Gasteiger partial charge in [0.15, 0.2) is 5.82 Å². The first-order chi connectivity index (χ1) is 8.79. The highest BCUT2D eigenvalue weighted by molar-refractivity contribution is 5.76. The van der Waals surface area contributed by atoms with E-state index >= 15 is 0 Å². The fourth-order valence-electron chi connectivity index (χ4n) is 2.37. The normalized spacial score (nSPS) is 20.4. The number of nitrogens with two attached hydrogens (primary N) is 1. The molecule has 0 saturated carbocycles. The van der Waals surface area contributed by atoms with E-state index in [1.165, 1.54) is 0 Å². The minimum Gasteiger partial charge on any atom is -0.370 e. The third-order valence-corrected chi connectivity index (χ3v) is 3.40. The number of fused-ring (bicyclic) bond motifs is 1. The van der Waals surface area contributed by atoms with Crippen molar-refractivity contribution in [2.75, 3.05) is 6.61 Å². The lowest BCUT2D eigenvalue weighted by molar-refractivity contribution is 0.0101. The van der Waals surface area contributed by atoms with Crippen LogP contribution in [-0.4, -0.2) is 16.6 Å². The zero-order chi connectivity index (χ0) is 12.5. The van der Waals surface area contributed by atoms with Crippen LogP contribution in [0.15, 0.2) is 12.1 Å². The molecule has 1 fully saturated rings. The number of nitrogens with zero attached hydrogens (tertiary/aromatic N) is 1. The van der Waals surface area contributed by atoms with Gasteiger partial charge in [0.05, 0.1) is 5.52 Å². The number of hydrogen-bond donors (Lipinski definition) is 2. The van der Waals surface area contributed by atoms with E-state index in [9.17, 15) is 4.39 Å². The van der Waals surface area contributed by atoms with Crippen molar-refractivity contribution in [2.45, 2.75) is 31.9 Å². The maximum atomic E-state index is 14.0. The Hall–Kier alpha value is -1.46. The summed E-state index contributed by atoms with van der Waals surface area (Å²) in [5.41, 5.74) is 7.05. The van der Waals surface area contributed by atoms with Crippen molar-refractivity contribution in [3.8, 4) is 0 Å². The second-order valence-electron chi connectivity index (χ2n) is 4.62. The van der Waals surface area contributed by atoms with Crippen LogP contribution in [0.3, 0.4) is 0 Å². The van der Waals surface area contributed by atoms with Gasteiger partial charge in [-0.15, -0.1) is 0 Å². The van der Waals surface area contributed by atoms with Gasteiger partial charge in [0.2, 0.25) is 0 Å². The molecular formula is C13H16FN3O. The summed E-state index contributed by atoms with van der Waals surface area (Å²) in [5.74, 6) is 0.395. The lowest BCUT2D eigenvalue weighted by Crippen LogP contribution is -2.12. The summed E-state index contributed by atoms with van der Waals surface area (Å²) in [4.78, 5) is 7.47. The van der Waals surface area contributed by atoms with Crippen LogP contribution in [0, 0.1) is 5.82 Å². The van der Waals surface area contributed by atoms with E-state index < -0.39 is 0 Å². The van der Waals surface area contributed by atoms with Crippen LogP contribution in [0.5, 0.6) is 0 Å². The number of rotatable bonds is 2. The quantitative estimate of drug-likeness (QED) is 0.859. The third-order valence-electron chi connectivity index (χ3n) is 3.40. The molecule has 1 aromatic carbocycles. The average molecular weight is 249 g/mol. The summed E-state index contributed by atoms with van der Waals surface area (Å²) in [6.45, 7) is 0.933. The number of hydrogen-bond acceptors (Lipinski definition) is 3. The van der Waals surface area contributed by atoms with Crippen molar-refractivity contribution >= 4 is 11.0 Å². The summed E-state index contributed by atoms with van der Waals surface area (Å²) in [5, 5.41) is 0. The van der Waals surface area contributed by atoms with Crippen LogP contribution in [-0.2, 0) is 11.3 Å². The predicted octanol–water partition coefficient (Wildman–Crippen LogP) is 2.40. The largest absolute Gasteiger partial charge is 0.370 e. The summed E-state index contributed by atoms with van der Waals surface area (Å²) < 4.78 is 19.7. The van der Waals surface area contributed by atoms with Crippen molar-refractivity contribution < 1.29 is 9.13 Å². The number of benzene rings is 1. The topological polar surface area (TPSA) is 63.9 Å². The van der Waals surface area contributed by atoms with Gasteiger partial charge in [-0.05, 0) is 25.3 Å². The van der Waals surface area contributed by atoms with Gasteiger partial charge in [-0.25, -0.2) is 9.37 Å². The van der Waals surface area contributed by atoms with Gasteiger partial charge in [-0.1, -0.05) is 6.07 Å². The van der Waals surface area contributed by atoms with Gasteiger partial charge in [0.25, 0.3) is 0 Å². The van der Waals surface area contributed by atoms with Crippen molar-refractivity contribution in [3.63, 3.8) is 0 Å². The molecule has 0 radical (unpaired) electrons. The highest BCUT2D eigenvalue weighted by Crippen LogP contribution is 2.28. The van der Waals surface area contributed by atoms with Gasteiger partial charge in [-0.3, -0.25) is 0 Å². The monoisotopic (exact) mass is 249 g/mol. The van der Waals surface area contributed by atoms with Gasteiger partial charge in [0, 0.05) is 18.7 Å². The molecule has 1 aromatic heterocycles. The molecule has 2 heterocycles. The van der Waals surface area contributed by atoms with Gasteiger partial charge in [-0.2, -0.15) is 0 Å². The van der Waals surface area contributed by atoms with Crippen molar-refractivity contribution in [1.29, 1.82) is 0 Å². The molecule has 0 bridgehead atoms. The highest BCUT2D eigenvalue weighted by atomic mass is 19.1. The van der Waals surface area contributed by atoms with Crippen molar-refractivity contribution in [1.82, 2.24) is 9.97 Å². The van der Waals surface area contributed by atoms with Gasteiger partial charge >= 0.3 is 0 Å². The Kier molecular flexibility index (Phi) is 3.01. The lowest BCUT2D eigenvalue weighted by Gasteiger charge is -2.20. The molecule has 1 aliphatic rings. The van der Waals surface area contributed by atoms with E-state index in [1.807, 2.05) is 6.07 Å². The Labute approximate surface area is 104 Å². The average Bonchev–Trinajstić information content (AvgIpc) is 2.85. The number of imidazole rings is 1. The molecule has 1 atom stereocenters. The maximum Gasteiger partial charge on any atom is 0.155 e. The Morgan fingerprint density at radius 2 is 2.33 bits per heavy atom. The van der Waals surface area contributed by atoms with Crippen LogP contribution < -0.4 is 5.73 Å². The van der Waals surface area contributed by atoms with Crippen molar-refractivity contribution in [3.05, 3.63) is 29.3 Å². The lowest BCUT2D eigenvalue weighted by atomic mass is 10.1. The number of aromatic nitrogens is 2. The molecule has 2 aromatic rings. The summed E-state index contributed by atoms with van der Waals surface area (Å²) in [6.07, 6.45) is 3.11. The first-order valence-electron chi connectivity index (χ1n) is 6.28. The number of halogens is 1. The molecule has 3 rings (SSSR count). The third kappa shape index (κ3) is 1.89. The molecule has 1 aliphatic heterocycles. The number of ether oxygens (including phenoxy) is 1. The molecule has 96 valence electrons. The number of aromatic amines is 1. The molecular weight excluding hydrogens is 233 g/mol. The smallest absolute Gasteiger partial charge is 0.155 e. The Balaban J connectivity index is 2.02. The van der Waals surface area contributed by atoms with E-state index in [1.54, 1.807) is 6.07 Å². The second kappa shape index (κ2) is 4.66. The second-order valence-corrected chi connectivity index (χ2v) is 4.62. The van der Waals surface area contributed by atoms with Gasteiger partial charge < -0.3 is 15.5 Å². The zero-order valence-corrected chi connectivity index (χ0v) is 10.1.